The Labute approximate surface area is 175 Å². The molecule has 0 spiro atoms. The van der Waals surface area contributed by atoms with E-state index in [0.717, 1.165) is 42.4 Å². The SMILES string of the molecule is CCCCCCOc1ccc(-c2ccc(CCC3CCC(C)CC3)nn2)cc1F. The highest BCUT2D eigenvalue weighted by Gasteiger charge is 2.18. The molecule has 1 saturated carbocycles. The van der Waals surface area contributed by atoms with E-state index in [4.69, 9.17) is 4.74 Å². The molecule has 4 heteroatoms. The van der Waals surface area contributed by atoms with Crippen molar-refractivity contribution < 1.29 is 9.13 Å². The topological polar surface area (TPSA) is 35.0 Å². The minimum Gasteiger partial charge on any atom is -0.491 e. The third kappa shape index (κ3) is 6.80. The summed E-state index contributed by atoms with van der Waals surface area (Å²) in [5.41, 5.74) is 2.47. The van der Waals surface area contributed by atoms with Gasteiger partial charge in [0.1, 0.15) is 0 Å². The maximum absolute atomic E-state index is 14.4. The molecule has 0 saturated heterocycles. The molecule has 1 aromatic heterocycles. The monoisotopic (exact) mass is 398 g/mol. The maximum atomic E-state index is 14.4. The molecule has 2 aromatic rings. The Kier molecular flexibility index (Phi) is 8.45. The van der Waals surface area contributed by atoms with Gasteiger partial charge in [-0.2, -0.15) is 10.2 Å². The van der Waals surface area contributed by atoms with Gasteiger partial charge >= 0.3 is 0 Å². The number of rotatable bonds is 10. The summed E-state index contributed by atoms with van der Waals surface area (Å²) in [5, 5.41) is 8.71. The molecule has 0 radical (unpaired) electrons. The summed E-state index contributed by atoms with van der Waals surface area (Å²) in [5.74, 6) is 1.70. The lowest BCUT2D eigenvalue weighted by atomic mass is 9.81. The lowest BCUT2D eigenvalue weighted by molar-refractivity contribution is 0.277. The molecule has 0 unspecified atom stereocenters. The quantitative estimate of drug-likeness (QED) is 0.404. The second kappa shape index (κ2) is 11.3. The third-order valence-electron chi connectivity index (χ3n) is 6.15. The first-order valence-electron chi connectivity index (χ1n) is 11.4. The minimum atomic E-state index is -0.338. The van der Waals surface area contributed by atoms with Crippen LogP contribution >= 0.6 is 0 Å². The Bertz CT molecular complexity index is 739. The number of ether oxygens (including phenoxy) is 1. The largest absolute Gasteiger partial charge is 0.491 e. The van der Waals surface area contributed by atoms with Crippen molar-refractivity contribution in [3.63, 3.8) is 0 Å². The molecular formula is C25H35FN2O. The maximum Gasteiger partial charge on any atom is 0.165 e. The van der Waals surface area contributed by atoms with Crippen LogP contribution in [0.5, 0.6) is 5.75 Å². The lowest BCUT2D eigenvalue weighted by Gasteiger charge is -2.25. The molecule has 0 aliphatic heterocycles. The van der Waals surface area contributed by atoms with Gasteiger partial charge in [-0.3, -0.25) is 0 Å². The number of aromatic nitrogens is 2. The number of nitrogens with zero attached hydrogens (tertiary/aromatic N) is 2. The van der Waals surface area contributed by atoms with E-state index in [-0.39, 0.29) is 5.82 Å². The first-order chi connectivity index (χ1) is 14.2. The lowest BCUT2D eigenvalue weighted by Crippen LogP contribution is -2.13. The third-order valence-corrected chi connectivity index (χ3v) is 6.15. The Morgan fingerprint density at radius 3 is 2.52 bits per heavy atom. The minimum absolute atomic E-state index is 0.316. The second-order valence-electron chi connectivity index (χ2n) is 8.63. The predicted molar refractivity (Wildman–Crippen MR) is 117 cm³/mol. The average Bonchev–Trinajstić information content (AvgIpc) is 2.74. The van der Waals surface area contributed by atoms with E-state index in [1.807, 2.05) is 18.2 Å². The van der Waals surface area contributed by atoms with E-state index in [1.165, 1.54) is 51.0 Å². The van der Waals surface area contributed by atoms with Crippen LogP contribution in [0.2, 0.25) is 0 Å². The van der Waals surface area contributed by atoms with Crippen molar-refractivity contribution in [3.05, 3.63) is 41.8 Å². The summed E-state index contributed by atoms with van der Waals surface area (Å²) >= 11 is 0. The number of halogens is 1. The number of unbranched alkanes of at least 4 members (excludes halogenated alkanes) is 3. The normalized spacial score (nSPS) is 19.3. The van der Waals surface area contributed by atoms with Crippen LogP contribution in [0.3, 0.4) is 0 Å². The highest BCUT2D eigenvalue weighted by molar-refractivity contribution is 5.59. The van der Waals surface area contributed by atoms with Crippen LogP contribution in [0.25, 0.3) is 11.3 Å². The summed E-state index contributed by atoms with van der Waals surface area (Å²) in [6.45, 7) is 5.09. The molecule has 1 aliphatic rings. The first kappa shape index (κ1) is 21.7. The zero-order valence-electron chi connectivity index (χ0n) is 18.0. The highest BCUT2D eigenvalue weighted by atomic mass is 19.1. The van der Waals surface area contributed by atoms with Crippen LogP contribution in [-0.2, 0) is 6.42 Å². The molecule has 0 bridgehead atoms. The van der Waals surface area contributed by atoms with Crippen LogP contribution < -0.4 is 4.74 Å². The zero-order chi connectivity index (χ0) is 20.5. The molecule has 0 atom stereocenters. The summed E-state index contributed by atoms with van der Waals surface area (Å²) < 4.78 is 19.9. The van der Waals surface area contributed by atoms with Crippen molar-refractivity contribution >= 4 is 0 Å². The molecule has 0 N–H and O–H groups in total. The summed E-state index contributed by atoms with van der Waals surface area (Å²) in [6, 6.07) is 9.03. The van der Waals surface area contributed by atoms with Gasteiger partial charge in [-0.25, -0.2) is 4.39 Å². The van der Waals surface area contributed by atoms with Crippen LogP contribution in [-0.4, -0.2) is 16.8 Å². The average molecular weight is 399 g/mol. The standard InChI is InChI=1S/C25H35FN2O/c1-3-4-5-6-17-29-25-16-12-21(18-23(25)26)24-15-14-22(27-28-24)13-11-20-9-7-19(2)8-10-20/h12,14-16,18-20H,3-11,13,17H2,1-2H3. The van der Waals surface area contributed by atoms with Crippen molar-refractivity contribution in [3.8, 4) is 17.0 Å². The van der Waals surface area contributed by atoms with Crippen molar-refractivity contribution in [1.82, 2.24) is 10.2 Å². The number of aryl methyl sites for hydroxylation is 1. The smallest absolute Gasteiger partial charge is 0.165 e. The van der Waals surface area contributed by atoms with Gasteiger partial charge in [-0.05, 0) is 61.4 Å². The van der Waals surface area contributed by atoms with Crippen LogP contribution in [0.4, 0.5) is 4.39 Å². The fourth-order valence-corrected chi connectivity index (χ4v) is 4.11. The molecule has 1 aliphatic carbocycles. The summed E-state index contributed by atoms with van der Waals surface area (Å²) in [6.07, 6.45) is 12.0. The Morgan fingerprint density at radius 2 is 1.83 bits per heavy atom. The van der Waals surface area contributed by atoms with Crippen LogP contribution in [0.15, 0.2) is 30.3 Å². The van der Waals surface area contributed by atoms with Crippen LogP contribution in [0, 0.1) is 17.7 Å². The molecule has 3 nitrogen and oxygen atoms in total. The van der Waals surface area contributed by atoms with Crippen LogP contribution in [0.1, 0.15) is 77.3 Å². The van der Waals surface area contributed by atoms with E-state index in [9.17, 15) is 4.39 Å². The Balaban J connectivity index is 1.50. The fraction of sp³-hybridized carbons (Fsp3) is 0.600. The molecular weight excluding hydrogens is 363 g/mol. The van der Waals surface area contributed by atoms with Crippen molar-refractivity contribution in [2.24, 2.45) is 11.8 Å². The molecule has 0 amide bonds. The van der Waals surface area contributed by atoms with Gasteiger partial charge < -0.3 is 4.74 Å². The van der Waals surface area contributed by atoms with Crippen molar-refractivity contribution in [1.29, 1.82) is 0 Å². The first-order valence-corrected chi connectivity index (χ1v) is 11.4. The highest BCUT2D eigenvalue weighted by Crippen LogP contribution is 2.31. The zero-order valence-corrected chi connectivity index (χ0v) is 18.0. The summed E-state index contributed by atoms with van der Waals surface area (Å²) in [7, 11) is 0. The molecule has 1 fully saturated rings. The molecule has 158 valence electrons. The Hall–Kier alpha value is -1.97. The van der Waals surface area contributed by atoms with E-state index in [0.29, 0.717) is 18.1 Å². The van der Waals surface area contributed by atoms with Gasteiger partial charge in [-0.1, -0.05) is 58.8 Å². The number of hydrogen-bond donors (Lipinski definition) is 0. The Morgan fingerprint density at radius 1 is 1.00 bits per heavy atom. The fourth-order valence-electron chi connectivity index (χ4n) is 4.11. The molecule has 29 heavy (non-hydrogen) atoms. The van der Waals surface area contributed by atoms with Gasteiger partial charge in [0.2, 0.25) is 0 Å². The van der Waals surface area contributed by atoms with Crippen molar-refractivity contribution in [2.75, 3.05) is 6.61 Å². The number of hydrogen-bond acceptors (Lipinski definition) is 3. The number of benzene rings is 1. The van der Waals surface area contributed by atoms with E-state index in [2.05, 4.69) is 24.0 Å². The molecule has 1 aromatic carbocycles. The predicted octanol–water partition coefficient (Wildman–Crippen LogP) is 7.00. The van der Waals surface area contributed by atoms with Gasteiger partial charge in [-0.15, -0.1) is 0 Å². The van der Waals surface area contributed by atoms with E-state index in [1.54, 1.807) is 6.07 Å². The molecule has 3 rings (SSSR count). The van der Waals surface area contributed by atoms with Gasteiger partial charge in [0.15, 0.2) is 11.6 Å². The van der Waals surface area contributed by atoms with Crippen molar-refractivity contribution in [2.45, 2.75) is 78.1 Å². The van der Waals surface area contributed by atoms with Gasteiger partial charge in [0.05, 0.1) is 18.0 Å². The van der Waals surface area contributed by atoms with E-state index < -0.39 is 0 Å². The summed E-state index contributed by atoms with van der Waals surface area (Å²) in [4.78, 5) is 0. The second-order valence-corrected chi connectivity index (χ2v) is 8.63. The van der Waals surface area contributed by atoms with Gasteiger partial charge in [0, 0.05) is 5.56 Å². The van der Waals surface area contributed by atoms with Gasteiger partial charge in [0.25, 0.3) is 0 Å². The van der Waals surface area contributed by atoms with E-state index >= 15 is 0 Å². The molecule has 1 heterocycles.